The molecule has 2 fully saturated rings. The Morgan fingerprint density at radius 2 is 1.75 bits per heavy atom. The molecule has 6 heteroatoms. The highest BCUT2D eigenvalue weighted by atomic mass is 19.4. The summed E-state index contributed by atoms with van der Waals surface area (Å²) in [6.07, 6.45) is -1.02. The van der Waals surface area contributed by atoms with Gasteiger partial charge in [0.1, 0.15) is 0 Å². The van der Waals surface area contributed by atoms with E-state index in [0.717, 1.165) is 31.2 Å². The van der Waals surface area contributed by atoms with E-state index in [0.29, 0.717) is 6.04 Å². The average Bonchev–Trinajstić information content (AvgIpc) is 3.14. The normalized spacial score (nSPS) is 25.8. The Morgan fingerprint density at radius 3 is 2.25 bits per heavy atom. The maximum absolute atomic E-state index is 14.1. The van der Waals surface area contributed by atoms with Gasteiger partial charge in [0.15, 0.2) is 0 Å². The predicted molar refractivity (Wildman–Crippen MR) is 101 cm³/mol. The molecule has 2 aromatic rings. The van der Waals surface area contributed by atoms with E-state index < -0.39 is 29.1 Å². The summed E-state index contributed by atoms with van der Waals surface area (Å²) in [5, 5.41) is 0. The molecule has 2 aromatic carbocycles. The van der Waals surface area contributed by atoms with E-state index in [9.17, 15) is 18.0 Å². The lowest BCUT2D eigenvalue weighted by atomic mass is 9.69. The van der Waals surface area contributed by atoms with Crippen molar-refractivity contribution in [2.45, 2.75) is 49.4 Å². The van der Waals surface area contributed by atoms with Gasteiger partial charge in [-0.05, 0) is 49.9 Å². The predicted octanol–water partition coefficient (Wildman–Crippen LogP) is 4.56. The highest BCUT2D eigenvalue weighted by molar-refractivity contribution is 5.95. The molecule has 148 valence electrons. The number of rotatable bonds is 4. The van der Waals surface area contributed by atoms with Crippen molar-refractivity contribution in [3.8, 4) is 0 Å². The highest BCUT2D eigenvalue weighted by Crippen LogP contribution is 2.56. The van der Waals surface area contributed by atoms with Crippen LogP contribution in [0.2, 0.25) is 0 Å². The number of hydrogen-bond donors (Lipinski definition) is 1. The van der Waals surface area contributed by atoms with Crippen molar-refractivity contribution in [3.05, 3.63) is 70.8 Å². The van der Waals surface area contributed by atoms with Crippen molar-refractivity contribution in [1.29, 1.82) is 0 Å². The summed E-state index contributed by atoms with van der Waals surface area (Å²) in [7, 11) is 2.02. The Hall–Kier alpha value is -2.34. The molecule has 2 saturated heterocycles. The number of nitrogens with zero attached hydrogens (tertiary/aromatic N) is 1. The minimum Gasteiger partial charge on any atom is -0.366 e. The summed E-state index contributed by atoms with van der Waals surface area (Å²) in [6, 6.07) is 13.9. The molecule has 1 unspecified atom stereocenters. The molecule has 2 heterocycles. The average molecular weight is 388 g/mol. The second kappa shape index (κ2) is 6.62. The Kier molecular flexibility index (Phi) is 4.49. The fourth-order valence-electron chi connectivity index (χ4n) is 5.46. The van der Waals surface area contributed by atoms with Crippen LogP contribution >= 0.6 is 0 Å². The summed E-state index contributed by atoms with van der Waals surface area (Å²) in [5.74, 6) is -1.54. The number of benzene rings is 2. The van der Waals surface area contributed by atoms with Gasteiger partial charge < -0.3 is 5.73 Å². The largest absolute Gasteiger partial charge is 0.417 e. The lowest BCUT2D eigenvalue weighted by Gasteiger charge is -2.42. The molecule has 0 radical (unpaired) electrons. The van der Waals surface area contributed by atoms with Gasteiger partial charge in [0.05, 0.1) is 11.1 Å². The van der Waals surface area contributed by atoms with Crippen LogP contribution in [0.3, 0.4) is 0 Å². The van der Waals surface area contributed by atoms with Gasteiger partial charge in [-0.1, -0.05) is 42.5 Å². The first kappa shape index (κ1) is 19.0. The van der Waals surface area contributed by atoms with Crippen molar-refractivity contribution in [2.24, 2.45) is 5.73 Å². The number of likely N-dealkylation sites (N-methyl/N-ethyl adjacent to an activating group) is 1. The van der Waals surface area contributed by atoms with Crippen molar-refractivity contribution < 1.29 is 18.0 Å². The maximum Gasteiger partial charge on any atom is 0.417 e. The number of hydrogen-bond acceptors (Lipinski definition) is 2. The Morgan fingerprint density at radius 1 is 1.11 bits per heavy atom. The zero-order valence-corrected chi connectivity index (χ0v) is 15.7. The number of primary amides is 1. The molecule has 4 rings (SSSR count). The first-order valence-electron chi connectivity index (χ1n) is 9.53. The van der Waals surface area contributed by atoms with Crippen LogP contribution in [0.5, 0.6) is 0 Å². The van der Waals surface area contributed by atoms with Crippen molar-refractivity contribution in [2.75, 3.05) is 7.05 Å². The maximum atomic E-state index is 14.1. The number of carbonyl (C=O) groups is 1. The summed E-state index contributed by atoms with van der Waals surface area (Å²) >= 11 is 0. The number of fused-ring (bicyclic) bond motifs is 2. The van der Waals surface area contributed by atoms with E-state index in [1.165, 1.54) is 18.2 Å². The minimum absolute atomic E-state index is 0.143. The highest BCUT2D eigenvalue weighted by Gasteiger charge is 2.56. The van der Waals surface area contributed by atoms with Crippen LogP contribution in [0.25, 0.3) is 0 Å². The number of carbonyl (C=O) groups excluding carboxylic acids is 1. The van der Waals surface area contributed by atoms with E-state index in [1.54, 1.807) is 0 Å². The van der Waals surface area contributed by atoms with Crippen LogP contribution < -0.4 is 5.73 Å². The summed E-state index contributed by atoms with van der Waals surface area (Å²) in [6.45, 7) is 0. The van der Waals surface area contributed by atoms with E-state index in [-0.39, 0.29) is 11.1 Å². The van der Waals surface area contributed by atoms with Crippen LogP contribution in [0.15, 0.2) is 48.5 Å². The molecule has 2 bridgehead atoms. The van der Waals surface area contributed by atoms with Crippen LogP contribution in [-0.2, 0) is 6.18 Å². The van der Waals surface area contributed by atoms with Gasteiger partial charge in [-0.25, -0.2) is 0 Å². The summed E-state index contributed by atoms with van der Waals surface area (Å²) < 4.78 is 42.4. The second-order valence-corrected chi connectivity index (χ2v) is 7.92. The molecule has 28 heavy (non-hydrogen) atoms. The molecule has 2 aliphatic rings. The molecular formula is C22H23F3N2O. The van der Waals surface area contributed by atoms with Gasteiger partial charge in [0, 0.05) is 17.5 Å². The molecular weight excluding hydrogens is 365 g/mol. The lowest BCUT2D eigenvalue weighted by molar-refractivity contribution is -0.138. The van der Waals surface area contributed by atoms with E-state index >= 15 is 0 Å². The number of amides is 1. The van der Waals surface area contributed by atoms with Gasteiger partial charge in [0.25, 0.3) is 0 Å². The third-order valence-corrected chi connectivity index (χ3v) is 6.70. The van der Waals surface area contributed by atoms with Gasteiger partial charge in [0.2, 0.25) is 5.91 Å². The molecule has 0 spiro atoms. The van der Waals surface area contributed by atoms with Crippen molar-refractivity contribution in [3.63, 3.8) is 0 Å². The molecule has 1 atom stereocenters. The van der Waals surface area contributed by atoms with Crippen molar-refractivity contribution in [1.82, 2.24) is 4.90 Å². The smallest absolute Gasteiger partial charge is 0.366 e. The van der Waals surface area contributed by atoms with Crippen LogP contribution in [0, 0.1) is 0 Å². The Labute approximate surface area is 162 Å². The summed E-state index contributed by atoms with van der Waals surface area (Å²) in [5.41, 5.74) is 4.56. The molecule has 3 nitrogen and oxygen atoms in total. The third kappa shape index (κ3) is 2.82. The zero-order valence-electron chi connectivity index (χ0n) is 15.7. The minimum atomic E-state index is -4.67. The van der Waals surface area contributed by atoms with Gasteiger partial charge in [-0.3, -0.25) is 9.69 Å². The van der Waals surface area contributed by atoms with Crippen LogP contribution in [0.4, 0.5) is 13.2 Å². The third-order valence-electron chi connectivity index (χ3n) is 6.70. The number of halogens is 3. The van der Waals surface area contributed by atoms with Gasteiger partial charge in [-0.2, -0.15) is 13.2 Å². The van der Waals surface area contributed by atoms with Crippen LogP contribution in [0.1, 0.15) is 58.6 Å². The second-order valence-electron chi connectivity index (χ2n) is 7.92. The quantitative estimate of drug-likeness (QED) is 0.834. The molecule has 0 saturated carbocycles. The van der Waals surface area contributed by atoms with E-state index in [4.69, 9.17) is 5.73 Å². The Bertz CT molecular complexity index is 886. The first-order valence-corrected chi connectivity index (χ1v) is 9.53. The standard InChI is InChI=1S/C22H23F3N2O/c1-27-15-10-12-21(27,13-11-15)18(14-6-3-2-4-7-14)16-8-5-9-17(20(26)28)19(16)22(23,24)25/h2-9,15,18H,10-13H2,1H3,(H2,26,28). The fraction of sp³-hybridized carbons (Fsp3) is 0.409. The van der Waals surface area contributed by atoms with E-state index in [2.05, 4.69) is 4.90 Å². The monoisotopic (exact) mass is 388 g/mol. The van der Waals surface area contributed by atoms with Crippen molar-refractivity contribution >= 4 is 5.91 Å². The summed E-state index contributed by atoms with van der Waals surface area (Å²) in [4.78, 5) is 14.1. The topological polar surface area (TPSA) is 46.3 Å². The number of alkyl halides is 3. The lowest BCUT2D eigenvalue weighted by Crippen LogP contribution is -2.45. The molecule has 0 aliphatic carbocycles. The zero-order chi connectivity index (χ0) is 20.1. The van der Waals surface area contributed by atoms with Gasteiger partial charge >= 0.3 is 6.18 Å². The molecule has 2 aliphatic heterocycles. The van der Waals surface area contributed by atoms with Crippen LogP contribution in [-0.4, -0.2) is 29.4 Å². The molecule has 2 N–H and O–H groups in total. The fourth-order valence-corrected chi connectivity index (χ4v) is 5.46. The van der Waals surface area contributed by atoms with E-state index in [1.807, 2.05) is 37.4 Å². The Balaban J connectivity index is 2.00. The SMILES string of the molecule is CN1C2CCC1(C(c1ccccc1)c1cccc(C(N)=O)c1C(F)(F)F)CC2. The first-order chi connectivity index (χ1) is 13.3. The molecule has 0 aromatic heterocycles. The number of nitrogens with two attached hydrogens (primary N) is 1. The molecule has 1 amide bonds. The van der Waals surface area contributed by atoms with Gasteiger partial charge in [-0.15, -0.1) is 0 Å².